The van der Waals surface area contributed by atoms with Gasteiger partial charge in [-0.1, -0.05) is 0 Å². The Morgan fingerprint density at radius 2 is 2.24 bits per heavy atom. The SMILES string of the molecule is CNc1nc2c(=O)[nH]cnc2n1C1OC(CO)C(O)C1O. The highest BCUT2D eigenvalue weighted by Crippen LogP contribution is 2.33. The average Bonchev–Trinajstić information content (AvgIpc) is 2.99. The van der Waals surface area contributed by atoms with E-state index in [2.05, 4.69) is 20.3 Å². The van der Waals surface area contributed by atoms with Gasteiger partial charge in [0.1, 0.15) is 18.3 Å². The van der Waals surface area contributed by atoms with Crippen molar-refractivity contribution in [3.8, 4) is 0 Å². The van der Waals surface area contributed by atoms with Gasteiger partial charge >= 0.3 is 0 Å². The van der Waals surface area contributed by atoms with Crippen LogP contribution in [-0.2, 0) is 4.74 Å². The summed E-state index contributed by atoms with van der Waals surface area (Å²) in [5, 5.41) is 31.9. The molecule has 0 aliphatic carbocycles. The summed E-state index contributed by atoms with van der Waals surface area (Å²) in [5.74, 6) is 0.254. The highest BCUT2D eigenvalue weighted by atomic mass is 16.6. The summed E-state index contributed by atoms with van der Waals surface area (Å²) in [6, 6.07) is 0. The maximum atomic E-state index is 11.7. The van der Waals surface area contributed by atoms with Gasteiger partial charge in [0.2, 0.25) is 5.95 Å². The molecule has 0 aromatic carbocycles. The summed E-state index contributed by atoms with van der Waals surface area (Å²) in [5.41, 5.74) is -0.139. The standard InChI is InChI=1S/C11H15N5O5/c1-12-11-15-5-8(13-3-14-9(5)20)16(11)10-7(19)6(18)4(2-17)21-10/h3-4,6-7,10,17-19H,2H2,1H3,(H,12,15)(H,13,14,20). The van der Waals surface area contributed by atoms with Gasteiger partial charge in [0, 0.05) is 7.05 Å². The summed E-state index contributed by atoms with van der Waals surface area (Å²) >= 11 is 0. The van der Waals surface area contributed by atoms with Gasteiger partial charge < -0.3 is 30.4 Å². The van der Waals surface area contributed by atoms with Gasteiger partial charge in [-0.05, 0) is 0 Å². The van der Waals surface area contributed by atoms with Gasteiger partial charge in [-0.15, -0.1) is 0 Å². The molecule has 3 heterocycles. The third-order valence-electron chi connectivity index (χ3n) is 3.48. The summed E-state index contributed by atoms with van der Waals surface area (Å²) in [6.45, 7) is -0.440. The molecule has 3 rings (SSSR count). The first-order chi connectivity index (χ1) is 10.1. The Labute approximate surface area is 118 Å². The van der Waals surface area contributed by atoms with Crippen molar-refractivity contribution in [1.29, 1.82) is 0 Å². The lowest BCUT2D eigenvalue weighted by Crippen LogP contribution is -2.33. The van der Waals surface area contributed by atoms with Crippen molar-refractivity contribution in [1.82, 2.24) is 19.5 Å². The van der Waals surface area contributed by atoms with Crippen LogP contribution >= 0.6 is 0 Å². The minimum absolute atomic E-state index is 0.0830. The van der Waals surface area contributed by atoms with E-state index in [1.807, 2.05) is 0 Å². The molecule has 0 bridgehead atoms. The third kappa shape index (κ3) is 2.00. The molecule has 10 nitrogen and oxygen atoms in total. The van der Waals surface area contributed by atoms with Crippen molar-refractivity contribution in [3.63, 3.8) is 0 Å². The smallest absolute Gasteiger partial charge is 0.278 e. The third-order valence-corrected chi connectivity index (χ3v) is 3.48. The number of aliphatic hydroxyl groups excluding tert-OH is 3. The molecular formula is C11H15N5O5. The zero-order valence-electron chi connectivity index (χ0n) is 11.1. The second-order valence-electron chi connectivity index (χ2n) is 4.69. The molecule has 4 atom stereocenters. The number of anilines is 1. The number of nitrogens with zero attached hydrogens (tertiary/aromatic N) is 3. The summed E-state index contributed by atoms with van der Waals surface area (Å²) in [4.78, 5) is 22.3. The topological polar surface area (TPSA) is 146 Å². The Balaban J connectivity index is 2.16. The van der Waals surface area contributed by atoms with Crippen LogP contribution in [0.1, 0.15) is 6.23 Å². The number of aromatic amines is 1. The number of hydrogen-bond donors (Lipinski definition) is 5. The molecule has 2 aromatic heterocycles. The van der Waals surface area contributed by atoms with Crippen LogP contribution in [-0.4, -0.2) is 66.8 Å². The van der Waals surface area contributed by atoms with Crippen molar-refractivity contribution < 1.29 is 20.1 Å². The molecule has 0 radical (unpaired) electrons. The summed E-state index contributed by atoms with van der Waals surface area (Å²) in [6.07, 6.45) is -3.26. The van der Waals surface area contributed by atoms with Gasteiger partial charge in [-0.25, -0.2) is 9.97 Å². The molecule has 1 saturated heterocycles. The molecule has 4 unspecified atom stereocenters. The van der Waals surface area contributed by atoms with E-state index in [0.717, 1.165) is 0 Å². The van der Waals surface area contributed by atoms with E-state index in [1.165, 1.54) is 10.9 Å². The molecule has 21 heavy (non-hydrogen) atoms. The number of ether oxygens (including phenoxy) is 1. The Hall–Kier alpha value is -2.01. The monoisotopic (exact) mass is 297 g/mol. The number of rotatable bonds is 3. The van der Waals surface area contributed by atoms with Crippen LogP contribution in [0, 0.1) is 0 Å². The van der Waals surface area contributed by atoms with Crippen LogP contribution in [0.4, 0.5) is 5.95 Å². The molecule has 10 heteroatoms. The number of H-pyrrole nitrogens is 1. The lowest BCUT2D eigenvalue weighted by molar-refractivity contribution is -0.0501. The fourth-order valence-corrected chi connectivity index (χ4v) is 2.43. The lowest BCUT2D eigenvalue weighted by Gasteiger charge is -2.18. The Morgan fingerprint density at radius 1 is 1.48 bits per heavy atom. The average molecular weight is 297 g/mol. The molecule has 1 fully saturated rings. The maximum Gasteiger partial charge on any atom is 0.278 e. The molecule has 0 saturated carbocycles. The van der Waals surface area contributed by atoms with E-state index < -0.39 is 36.7 Å². The number of nitrogens with one attached hydrogen (secondary N) is 2. The van der Waals surface area contributed by atoms with E-state index in [-0.39, 0.29) is 17.1 Å². The van der Waals surface area contributed by atoms with E-state index in [4.69, 9.17) is 9.84 Å². The number of imidazole rings is 1. The predicted octanol–water partition coefficient (Wildman–Crippen LogP) is -2.23. The normalized spacial score (nSPS) is 29.1. The van der Waals surface area contributed by atoms with Crippen LogP contribution in [0.2, 0.25) is 0 Å². The minimum Gasteiger partial charge on any atom is -0.394 e. The first-order valence-electron chi connectivity index (χ1n) is 6.34. The highest BCUT2D eigenvalue weighted by Gasteiger charge is 2.44. The number of hydrogen-bond acceptors (Lipinski definition) is 8. The van der Waals surface area contributed by atoms with Crippen LogP contribution in [0.3, 0.4) is 0 Å². The van der Waals surface area contributed by atoms with Gasteiger partial charge in [0.05, 0.1) is 12.9 Å². The zero-order valence-corrected chi connectivity index (χ0v) is 11.1. The molecule has 114 valence electrons. The summed E-state index contributed by atoms with van der Waals surface area (Å²) < 4.78 is 6.83. The quantitative estimate of drug-likeness (QED) is 0.428. The molecule has 0 amide bonds. The fraction of sp³-hybridized carbons (Fsp3) is 0.545. The van der Waals surface area contributed by atoms with Crippen LogP contribution in [0.15, 0.2) is 11.1 Å². The van der Waals surface area contributed by atoms with Gasteiger partial charge in [-0.2, -0.15) is 0 Å². The van der Waals surface area contributed by atoms with Gasteiger partial charge in [0.25, 0.3) is 5.56 Å². The number of aromatic nitrogens is 4. The predicted molar refractivity (Wildman–Crippen MR) is 70.7 cm³/mol. The second kappa shape index (κ2) is 5.07. The summed E-state index contributed by atoms with van der Waals surface area (Å²) in [7, 11) is 1.59. The Kier molecular flexibility index (Phi) is 3.37. The lowest BCUT2D eigenvalue weighted by atomic mass is 10.1. The van der Waals surface area contributed by atoms with Crippen LogP contribution in [0.25, 0.3) is 11.2 Å². The number of aliphatic hydroxyl groups is 3. The molecule has 2 aromatic rings. The van der Waals surface area contributed by atoms with Gasteiger partial charge in [-0.3, -0.25) is 9.36 Å². The van der Waals surface area contributed by atoms with Crippen LogP contribution in [0.5, 0.6) is 0 Å². The second-order valence-corrected chi connectivity index (χ2v) is 4.69. The Morgan fingerprint density at radius 3 is 2.86 bits per heavy atom. The zero-order chi connectivity index (χ0) is 15.1. The van der Waals surface area contributed by atoms with Crippen molar-refractivity contribution in [2.75, 3.05) is 19.0 Å². The molecule has 0 spiro atoms. The molecule has 1 aliphatic heterocycles. The Bertz CT molecular complexity index is 713. The first kappa shape index (κ1) is 13.9. The number of fused-ring (bicyclic) bond motifs is 1. The van der Waals surface area contributed by atoms with E-state index >= 15 is 0 Å². The van der Waals surface area contributed by atoms with E-state index in [0.29, 0.717) is 0 Å². The van der Waals surface area contributed by atoms with Crippen molar-refractivity contribution >= 4 is 17.1 Å². The van der Waals surface area contributed by atoms with E-state index in [9.17, 15) is 15.0 Å². The van der Waals surface area contributed by atoms with Gasteiger partial charge in [0.15, 0.2) is 17.4 Å². The molecule has 5 N–H and O–H groups in total. The maximum absolute atomic E-state index is 11.7. The highest BCUT2D eigenvalue weighted by molar-refractivity contribution is 5.73. The molecular weight excluding hydrogens is 282 g/mol. The first-order valence-corrected chi connectivity index (χ1v) is 6.34. The largest absolute Gasteiger partial charge is 0.394 e. The van der Waals surface area contributed by atoms with Crippen LogP contribution < -0.4 is 10.9 Å². The minimum atomic E-state index is -1.28. The van der Waals surface area contributed by atoms with Crippen molar-refractivity contribution in [3.05, 3.63) is 16.7 Å². The molecule has 1 aliphatic rings. The fourth-order valence-electron chi connectivity index (χ4n) is 2.43. The van der Waals surface area contributed by atoms with Crippen molar-refractivity contribution in [2.45, 2.75) is 24.5 Å². The van der Waals surface area contributed by atoms with Crippen molar-refractivity contribution in [2.24, 2.45) is 0 Å². The van der Waals surface area contributed by atoms with E-state index in [1.54, 1.807) is 7.05 Å².